The smallest absolute Gasteiger partial charge is 0.204 e. The predicted octanol–water partition coefficient (Wildman–Crippen LogP) is 7.20. The number of methoxy groups -OCH3 is 3. The molecule has 0 aromatic heterocycles. The Balaban J connectivity index is 2.12. The van der Waals surface area contributed by atoms with Gasteiger partial charge in [-0.1, -0.05) is 55.4 Å². The molecule has 3 rings (SSSR count). The van der Waals surface area contributed by atoms with Gasteiger partial charge < -0.3 is 18.6 Å². The molecule has 1 fully saturated rings. The fourth-order valence-electron chi connectivity index (χ4n) is 7.29. The van der Waals surface area contributed by atoms with Crippen LogP contribution in [0.2, 0.25) is 16.6 Å². The van der Waals surface area contributed by atoms with Crippen molar-refractivity contribution in [3.05, 3.63) is 23.3 Å². The Morgan fingerprint density at radius 2 is 1.49 bits per heavy atom. The van der Waals surface area contributed by atoms with Crippen LogP contribution in [0.3, 0.4) is 0 Å². The lowest BCUT2D eigenvalue weighted by molar-refractivity contribution is -0.249. The Labute approximate surface area is 216 Å². The number of rotatable bonds is 10. The van der Waals surface area contributed by atoms with Crippen LogP contribution in [-0.2, 0) is 15.6 Å². The molecule has 200 valence electrons. The van der Waals surface area contributed by atoms with Gasteiger partial charge in [0.2, 0.25) is 8.32 Å². The second-order valence-corrected chi connectivity index (χ2v) is 17.5. The first-order chi connectivity index (χ1) is 16.4. The molecule has 0 bridgehead atoms. The Kier molecular flexibility index (Phi) is 9.05. The third kappa shape index (κ3) is 5.18. The van der Waals surface area contributed by atoms with Crippen LogP contribution in [0.15, 0.2) is 12.1 Å². The summed E-state index contributed by atoms with van der Waals surface area (Å²) in [7, 11) is 3.16. The third-order valence-electron chi connectivity index (χ3n) is 8.83. The van der Waals surface area contributed by atoms with E-state index in [0.717, 1.165) is 43.9 Å². The van der Waals surface area contributed by atoms with E-state index in [4.69, 9.17) is 18.6 Å². The van der Waals surface area contributed by atoms with Crippen LogP contribution in [0.1, 0.15) is 85.4 Å². The lowest BCUT2D eigenvalue weighted by Gasteiger charge is -2.57. The van der Waals surface area contributed by atoms with Crippen molar-refractivity contribution in [2.75, 3.05) is 34.4 Å². The molecule has 2 aliphatic rings. The minimum Gasteiger partial charge on any atom is -0.493 e. The van der Waals surface area contributed by atoms with Crippen molar-refractivity contribution < 1.29 is 18.6 Å². The van der Waals surface area contributed by atoms with Gasteiger partial charge in [0, 0.05) is 38.6 Å². The molecule has 2 aliphatic heterocycles. The summed E-state index contributed by atoms with van der Waals surface area (Å²) in [6, 6.07) is 4.63. The van der Waals surface area contributed by atoms with E-state index >= 15 is 0 Å². The monoisotopic (exact) mass is 505 g/mol. The Hall–Kier alpha value is -1.08. The summed E-state index contributed by atoms with van der Waals surface area (Å²) in [5.74, 6) is 1.96. The molecule has 0 radical (unpaired) electrons. The van der Waals surface area contributed by atoms with Crippen molar-refractivity contribution >= 4 is 8.32 Å². The van der Waals surface area contributed by atoms with Crippen LogP contribution in [0.5, 0.6) is 11.5 Å². The molecule has 5 nitrogen and oxygen atoms in total. The van der Waals surface area contributed by atoms with Crippen molar-refractivity contribution in [1.29, 1.82) is 0 Å². The summed E-state index contributed by atoms with van der Waals surface area (Å²) in [5, 5.41) is 0. The zero-order valence-corrected chi connectivity index (χ0v) is 25.2. The number of piperidine rings is 1. The molecular formula is C29H51NO4Si. The molecule has 0 spiro atoms. The molecule has 3 unspecified atom stereocenters. The highest BCUT2D eigenvalue weighted by Gasteiger charge is 2.57. The highest BCUT2D eigenvalue weighted by atomic mass is 28.4. The first-order valence-electron chi connectivity index (χ1n) is 13.7. The normalized spacial score (nSPS) is 25.3. The van der Waals surface area contributed by atoms with E-state index in [1.165, 1.54) is 11.1 Å². The Bertz CT molecular complexity index is 834. The Morgan fingerprint density at radius 1 is 0.914 bits per heavy atom. The third-order valence-corrected chi connectivity index (χ3v) is 14.9. The van der Waals surface area contributed by atoms with Gasteiger partial charge in [0.25, 0.3) is 0 Å². The van der Waals surface area contributed by atoms with Crippen LogP contribution in [0.4, 0.5) is 0 Å². The van der Waals surface area contributed by atoms with E-state index < -0.39 is 14.1 Å². The van der Waals surface area contributed by atoms with Crippen molar-refractivity contribution in [2.24, 2.45) is 11.8 Å². The molecule has 1 aromatic rings. The van der Waals surface area contributed by atoms with E-state index in [9.17, 15) is 0 Å². The van der Waals surface area contributed by atoms with Gasteiger partial charge in [0.15, 0.2) is 17.3 Å². The number of nitrogens with zero attached hydrogens (tertiary/aromatic N) is 1. The number of hydrogen-bond acceptors (Lipinski definition) is 5. The Morgan fingerprint density at radius 3 is 1.97 bits per heavy atom. The second-order valence-electron chi connectivity index (χ2n) is 12.1. The van der Waals surface area contributed by atoms with E-state index in [1.807, 2.05) is 7.11 Å². The highest BCUT2D eigenvalue weighted by Crippen LogP contribution is 2.53. The minimum absolute atomic E-state index is 0.250. The molecule has 35 heavy (non-hydrogen) atoms. The van der Waals surface area contributed by atoms with Crippen LogP contribution in [0.25, 0.3) is 0 Å². The topological polar surface area (TPSA) is 40.2 Å². The van der Waals surface area contributed by atoms with Gasteiger partial charge in [-0.05, 0) is 58.6 Å². The van der Waals surface area contributed by atoms with Crippen LogP contribution in [-0.4, -0.2) is 53.4 Å². The predicted molar refractivity (Wildman–Crippen MR) is 147 cm³/mol. The van der Waals surface area contributed by atoms with Crippen molar-refractivity contribution in [3.63, 3.8) is 0 Å². The summed E-state index contributed by atoms with van der Waals surface area (Å²) in [6.45, 7) is 20.9. The molecule has 6 heteroatoms. The van der Waals surface area contributed by atoms with E-state index in [1.54, 1.807) is 14.2 Å². The molecule has 1 aromatic carbocycles. The zero-order chi connectivity index (χ0) is 26.1. The minimum atomic E-state index is -2.17. The van der Waals surface area contributed by atoms with Gasteiger partial charge in [0.05, 0.1) is 14.2 Å². The molecule has 0 amide bonds. The fourth-order valence-corrected chi connectivity index (χ4v) is 12.9. The van der Waals surface area contributed by atoms with E-state index in [2.05, 4.69) is 72.4 Å². The standard InChI is InChI=1S/C29H51NO4Si/c1-19(2)14-24-18-30-13-12-23-15-27(31-9)28(32-10)16-25(23)26(30)17-29(24,33-11)34-35(20(3)4,21(5)6)22(7)8/h15-16,19-22,24,26H,12-14,17-18H2,1-11H3. The molecule has 0 aliphatic carbocycles. The summed E-state index contributed by atoms with van der Waals surface area (Å²) < 4.78 is 25.5. The molecule has 0 N–H and O–H groups in total. The summed E-state index contributed by atoms with van der Waals surface area (Å²) >= 11 is 0. The first-order valence-corrected chi connectivity index (χ1v) is 15.8. The SMILES string of the molecule is COc1cc2c(cc1OC)C1CC(OC)(O[Si](C(C)C)(C(C)C)C(C)C)C(CC(C)C)CN1CC2. The molecule has 0 saturated carbocycles. The highest BCUT2D eigenvalue weighted by molar-refractivity contribution is 6.77. The lowest BCUT2D eigenvalue weighted by atomic mass is 9.77. The average molecular weight is 506 g/mol. The molecule has 3 atom stereocenters. The summed E-state index contributed by atoms with van der Waals surface area (Å²) in [4.78, 5) is 2.67. The van der Waals surface area contributed by atoms with Crippen molar-refractivity contribution in [3.8, 4) is 11.5 Å². The quantitative estimate of drug-likeness (QED) is 0.248. The summed E-state index contributed by atoms with van der Waals surface area (Å²) in [6.07, 6.45) is 2.99. The summed E-state index contributed by atoms with van der Waals surface area (Å²) in [5.41, 5.74) is 4.23. The van der Waals surface area contributed by atoms with Crippen LogP contribution in [0, 0.1) is 11.8 Å². The zero-order valence-electron chi connectivity index (χ0n) is 24.2. The van der Waals surface area contributed by atoms with Crippen LogP contribution < -0.4 is 9.47 Å². The largest absolute Gasteiger partial charge is 0.493 e. The number of hydrogen-bond donors (Lipinski definition) is 0. The van der Waals surface area contributed by atoms with Crippen LogP contribution >= 0.6 is 0 Å². The molecule has 2 heterocycles. The first kappa shape index (κ1) is 28.5. The van der Waals surface area contributed by atoms with Gasteiger partial charge in [0.1, 0.15) is 0 Å². The lowest BCUT2D eigenvalue weighted by Crippen LogP contribution is -2.63. The maximum atomic E-state index is 7.61. The van der Waals surface area contributed by atoms with E-state index in [-0.39, 0.29) is 6.04 Å². The maximum Gasteiger partial charge on any atom is 0.204 e. The van der Waals surface area contributed by atoms with Gasteiger partial charge in [-0.3, -0.25) is 4.90 Å². The van der Waals surface area contributed by atoms with Gasteiger partial charge in [-0.25, -0.2) is 0 Å². The number of ether oxygens (including phenoxy) is 3. The van der Waals surface area contributed by atoms with Gasteiger partial charge in [-0.15, -0.1) is 0 Å². The van der Waals surface area contributed by atoms with E-state index in [0.29, 0.717) is 28.5 Å². The van der Waals surface area contributed by atoms with Crippen molar-refractivity contribution in [2.45, 2.75) is 103 Å². The number of benzene rings is 1. The van der Waals surface area contributed by atoms with Crippen molar-refractivity contribution in [1.82, 2.24) is 4.90 Å². The molecular weight excluding hydrogens is 454 g/mol. The van der Waals surface area contributed by atoms with Gasteiger partial charge >= 0.3 is 0 Å². The average Bonchev–Trinajstić information content (AvgIpc) is 2.80. The molecule has 1 saturated heterocycles. The second kappa shape index (κ2) is 11.1. The number of fused-ring (bicyclic) bond motifs is 3. The van der Waals surface area contributed by atoms with Gasteiger partial charge in [-0.2, -0.15) is 0 Å². The maximum absolute atomic E-state index is 7.61. The fraction of sp³-hybridized carbons (Fsp3) is 0.793.